The Morgan fingerprint density at radius 3 is 2.76 bits per heavy atom. The van der Waals surface area contributed by atoms with Crippen molar-refractivity contribution in [1.29, 1.82) is 0 Å². The van der Waals surface area contributed by atoms with E-state index in [2.05, 4.69) is 4.98 Å². The van der Waals surface area contributed by atoms with Gasteiger partial charge in [0.1, 0.15) is 5.69 Å². The zero-order chi connectivity index (χ0) is 15.0. The normalized spacial score (nSPS) is 21.8. The molecule has 1 aliphatic rings. The van der Waals surface area contributed by atoms with Crippen molar-refractivity contribution < 1.29 is 18.7 Å². The molecule has 21 heavy (non-hydrogen) atoms. The molecule has 2 aromatic rings. The fourth-order valence-corrected chi connectivity index (χ4v) is 2.69. The maximum absolute atomic E-state index is 13.4. The molecule has 0 unspecified atom stereocenters. The number of hydrogen-bond donors (Lipinski definition) is 2. The van der Waals surface area contributed by atoms with Crippen molar-refractivity contribution in [2.24, 2.45) is 0 Å². The highest BCUT2D eigenvalue weighted by molar-refractivity contribution is 5.93. The molecule has 0 aliphatic carbocycles. The molecular weight excluding hydrogens is 278 g/mol. The minimum Gasteiger partial charge on any atom is -0.391 e. The van der Waals surface area contributed by atoms with Crippen molar-refractivity contribution in [2.45, 2.75) is 18.6 Å². The third kappa shape index (κ3) is 2.54. The molecule has 1 amide bonds. The van der Waals surface area contributed by atoms with E-state index >= 15 is 0 Å². The van der Waals surface area contributed by atoms with E-state index in [1.165, 1.54) is 11.0 Å². The van der Waals surface area contributed by atoms with Gasteiger partial charge in [-0.05, 0) is 36.2 Å². The third-order valence-corrected chi connectivity index (χ3v) is 3.70. The first-order valence-electron chi connectivity index (χ1n) is 6.63. The summed E-state index contributed by atoms with van der Waals surface area (Å²) in [6, 6.07) is 6.42. The molecule has 0 radical (unpaired) electrons. The van der Waals surface area contributed by atoms with E-state index in [-0.39, 0.29) is 12.5 Å². The lowest BCUT2D eigenvalue weighted by Gasteiger charge is -2.24. The van der Waals surface area contributed by atoms with E-state index in [0.717, 1.165) is 12.1 Å². The number of aromatic nitrogens is 1. The molecule has 1 aliphatic heterocycles. The van der Waals surface area contributed by atoms with Crippen LogP contribution in [0.1, 0.15) is 28.5 Å². The molecule has 0 spiro atoms. The summed E-state index contributed by atoms with van der Waals surface area (Å²) in [5.74, 6) is -2.16. The fourth-order valence-electron chi connectivity index (χ4n) is 2.69. The molecule has 1 fully saturated rings. The smallest absolute Gasteiger partial charge is 0.270 e. The number of likely N-dealkylation sites (tertiary alicyclic amines) is 1. The number of carbonyl (C=O) groups is 1. The van der Waals surface area contributed by atoms with Gasteiger partial charge in [-0.1, -0.05) is 6.07 Å². The van der Waals surface area contributed by atoms with Gasteiger partial charge in [-0.25, -0.2) is 8.78 Å². The Bertz CT molecular complexity index is 658. The molecule has 0 saturated carbocycles. The molecule has 110 valence electrons. The van der Waals surface area contributed by atoms with Gasteiger partial charge in [-0.2, -0.15) is 0 Å². The van der Waals surface area contributed by atoms with Crippen LogP contribution in [-0.2, 0) is 0 Å². The quantitative estimate of drug-likeness (QED) is 0.892. The monoisotopic (exact) mass is 292 g/mol. The number of aliphatic hydroxyl groups is 1. The van der Waals surface area contributed by atoms with Crippen LogP contribution >= 0.6 is 0 Å². The molecule has 2 heterocycles. The molecule has 2 atom stereocenters. The van der Waals surface area contributed by atoms with Gasteiger partial charge in [-0.3, -0.25) is 4.79 Å². The highest BCUT2D eigenvalue weighted by Gasteiger charge is 2.36. The van der Waals surface area contributed by atoms with Crippen LogP contribution < -0.4 is 0 Å². The SMILES string of the molecule is O=C(c1ccc[nH]1)N1C[C@H](O)C[C@@H]1c1ccc(F)c(F)c1. The zero-order valence-electron chi connectivity index (χ0n) is 11.1. The number of H-pyrrole nitrogens is 1. The van der Waals surface area contributed by atoms with E-state index in [9.17, 15) is 18.7 Å². The average Bonchev–Trinajstić information content (AvgIpc) is 3.10. The number of hydrogen-bond acceptors (Lipinski definition) is 2. The largest absolute Gasteiger partial charge is 0.391 e. The first kappa shape index (κ1) is 13.8. The Hall–Kier alpha value is -2.21. The Balaban J connectivity index is 1.92. The van der Waals surface area contributed by atoms with E-state index in [0.29, 0.717) is 17.7 Å². The Morgan fingerprint density at radius 1 is 1.29 bits per heavy atom. The number of aliphatic hydroxyl groups excluding tert-OH is 1. The Morgan fingerprint density at radius 2 is 2.10 bits per heavy atom. The van der Waals surface area contributed by atoms with Crippen LogP contribution in [0.5, 0.6) is 0 Å². The highest BCUT2D eigenvalue weighted by atomic mass is 19.2. The number of carbonyl (C=O) groups excluding carboxylic acids is 1. The van der Waals surface area contributed by atoms with Gasteiger partial charge < -0.3 is 15.0 Å². The number of halogens is 2. The van der Waals surface area contributed by atoms with Gasteiger partial charge in [-0.15, -0.1) is 0 Å². The van der Waals surface area contributed by atoms with Gasteiger partial charge in [0.25, 0.3) is 5.91 Å². The van der Waals surface area contributed by atoms with Crippen molar-refractivity contribution in [3.63, 3.8) is 0 Å². The summed E-state index contributed by atoms with van der Waals surface area (Å²) >= 11 is 0. The van der Waals surface area contributed by atoms with Crippen LogP contribution in [-0.4, -0.2) is 33.5 Å². The maximum Gasteiger partial charge on any atom is 0.270 e. The summed E-state index contributed by atoms with van der Waals surface area (Å²) in [5.41, 5.74) is 0.877. The van der Waals surface area contributed by atoms with Crippen molar-refractivity contribution in [1.82, 2.24) is 9.88 Å². The topological polar surface area (TPSA) is 56.3 Å². The number of nitrogens with one attached hydrogen (secondary N) is 1. The van der Waals surface area contributed by atoms with Gasteiger partial charge in [0, 0.05) is 12.7 Å². The third-order valence-electron chi connectivity index (χ3n) is 3.70. The van der Waals surface area contributed by atoms with Gasteiger partial charge in [0.2, 0.25) is 0 Å². The summed E-state index contributed by atoms with van der Waals surface area (Å²) in [6.45, 7) is 0.168. The molecule has 4 nitrogen and oxygen atoms in total. The molecule has 1 saturated heterocycles. The molecule has 6 heteroatoms. The maximum atomic E-state index is 13.4. The van der Waals surface area contributed by atoms with E-state index in [1.54, 1.807) is 18.3 Å². The Kier molecular flexibility index (Phi) is 3.47. The summed E-state index contributed by atoms with van der Waals surface area (Å²) in [6.07, 6.45) is 1.26. The fraction of sp³-hybridized carbons (Fsp3) is 0.267. The van der Waals surface area contributed by atoms with Crippen LogP contribution in [0.25, 0.3) is 0 Å². The summed E-state index contributed by atoms with van der Waals surface area (Å²) < 4.78 is 26.4. The number of amides is 1. The van der Waals surface area contributed by atoms with E-state index in [4.69, 9.17) is 0 Å². The van der Waals surface area contributed by atoms with Gasteiger partial charge >= 0.3 is 0 Å². The second kappa shape index (κ2) is 5.29. The van der Waals surface area contributed by atoms with E-state index in [1.807, 2.05) is 0 Å². The van der Waals surface area contributed by atoms with Gasteiger partial charge in [0.15, 0.2) is 11.6 Å². The summed E-state index contributed by atoms with van der Waals surface area (Å²) in [7, 11) is 0. The van der Waals surface area contributed by atoms with Crippen LogP contribution in [0.4, 0.5) is 8.78 Å². The zero-order valence-corrected chi connectivity index (χ0v) is 11.1. The molecule has 3 rings (SSSR count). The molecule has 1 aromatic heterocycles. The van der Waals surface area contributed by atoms with Crippen molar-refractivity contribution in [3.05, 3.63) is 59.4 Å². The number of β-amino-alcohol motifs (C(OH)–C–C–N with tert-alkyl or cyclic N) is 1. The Labute approximate surface area is 120 Å². The lowest BCUT2D eigenvalue weighted by atomic mass is 10.0. The van der Waals surface area contributed by atoms with Crippen LogP contribution in [0.3, 0.4) is 0 Å². The van der Waals surface area contributed by atoms with Crippen molar-refractivity contribution >= 4 is 5.91 Å². The molecule has 0 bridgehead atoms. The lowest BCUT2D eigenvalue weighted by Crippen LogP contribution is -2.32. The average molecular weight is 292 g/mol. The highest BCUT2D eigenvalue weighted by Crippen LogP contribution is 2.33. The standard InChI is InChI=1S/C15H14F2N2O2/c16-11-4-3-9(6-12(11)17)14-7-10(20)8-19(14)15(21)13-2-1-5-18-13/h1-6,10,14,18,20H,7-8H2/t10-,14-/m1/s1. The first-order valence-corrected chi connectivity index (χ1v) is 6.63. The molecule has 2 N–H and O–H groups in total. The summed E-state index contributed by atoms with van der Waals surface area (Å²) in [5, 5.41) is 9.83. The minimum atomic E-state index is -0.957. The van der Waals surface area contributed by atoms with Crippen LogP contribution in [0, 0.1) is 11.6 Å². The number of benzene rings is 1. The number of rotatable bonds is 2. The molecular formula is C15H14F2N2O2. The predicted octanol–water partition coefficient (Wildman–Crippen LogP) is 2.24. The van der Waals surface area contributed by atoms with E-state index < -0.39 is 23.8 Å². The summed E-state index contributed by atoms with van der Waals surface area (Å²) in [4.78, 5) is 16.7. The molecule has 1 aromatic carbocycles. The first-order chi connectivity index (χ1) is 10.1. The lowest BCUT2D eigenvalue weighted by molar-refractivity contribution is 0.0710. The minimum absolute atomic E-state index is 0.168. The number of aromatic amines is 1. The van der Waals surface area contributed by atoms with Crippen LogP contribution in [0.15, 0.2) is 36.5 Å². The second-order valence-corrected chi connectivity index (χ2v) is 5.12. The number of nitrogens with zero attached hydrogens (tertiary/aromatic N) is 1. The predicted molar refractivity (Wildman–Crippen MR) is 71.6 cm³/mol. The van der Waals surface area contributed by atoms with Crippen LogP contribution in [0.2, 0.25) is 0 Å². The van der Waals surface area contributed by atoms with Gasteiger partial charge in [0.05, 0.1) is 12.1 Å². The van der Waals surface area contributed by atoms with Crippen molar-refractivity contribution in [3.8, 4) is 0 Å². The van der Waals surface area contributed by atoms with Crippen molar-refractivity contribution in [2.75, 3.05) is 6.54 Å². The second-order valence-electron chi connectivity index (χ2n) is 5.12.